The van der Waals surface area contributed by atoms with Crippen molar-refractivity contribution in [3.8, 4) is 0 Å². The normalized spacial score (nSPS) is 28.4. The van der Waals surface area contributed by atoms with Gasteiger partial charge in [0.2, 0.25) is 0 Å². The van der Waals surface area contributed by atoms with Crippen molar-refractivity contribution in [2.45, 2.75) is 33.1 Å². The number of halogens is 1. The third-order valence-electron chi connectivity index (χ3n) is 4.39. The van der Waals surface area contributed by atoms with Gasteiger partial charge in [0.1, 0.15) is 0 Å². The Morgan fingerprint density at radius 2 is 1.78 bits per heavy atom. The largest absolute Gasteiger partial charge is 0.294 e. The number of rotatable bonds is 1. The summed E-state index contributed by atoms with van der Waals surface area (Å²) in [6.45, 7) is 4.23. The zero-order valence-corrected chi connectivity index (χ0v) is 12.4. The highest BCUT2D eigenvalue weighted by atomic mass is 79.9. The van der Waals surface area contributed by atoms with Gasteiger partial charge in [-0.2, -0.15) is 0 Å². The lowest BCUT2D eigenvalue weighted by molar-refractivity contribution is -0.118. The van der Waals surface area contributed by atoms with Crippen molar-refractivity contribution >= 4 is 27.8 Å². The Bertz CT molecular complexity index is 533. The number of carbonyl (C=O) groups is 1. The molecular formula is C16H17BrO. The van der Waals surface area contributed by atoms with Gasteiger partial charge in [-0.15, -0.1) is 0 Å². The van der Waals surface area contributed by atoms with Crippen LogP contribution in [0.1, 0.15) is 36.0 Å². The summed E-state index contributed by atoms with van der Waals surface area (Å²) in [5.41, 5.74) is 4.80. The second-order valence-corrected chi connectivity index (χ2v) is 6.54. The highest BCUT2D eigenvalue weighted by Gasteiger charge is 2.42. The van der Waals surface area contributed by atoms with Crippen LogP contribution in [0.15, 0.2) is 22.2 Å². The van der Waals surface area contributed by atoms with E-state index in [1.807, 2.05) is 0 Å². The summed E-state index contributed by atoms with van der Waals surface area (Å²) in [6.07, 6.45) is 5.57. The van der Waals surface area contributed by atoms with E-state index in [1.165, 1.54) is 23.1 Å². The van der Waals surface area contributed by atoms with Crippen LogP contribution in [0.2, 0.25) is 0 Å². The number of carbonyl (C=O) groups excluding carboxylic acids is 1. The Hall–Kier alpha value is -0.890. The molecule has 0 radical (unpaired) electrons. The Morgan fingerprint density at radius 3 is 2.33 bits per heavy atom. The minimum absolute atomic E-state index is 0.331. The van der Waals surface area contributed by atoms with Crippen LogP contribution in [0.25, 0.3) is 6.08 Å². The standard InChI is InChI=1S/C16H17BrO/c1-9-5-13(17)6-10(2)14(9)8-15-11-3-4-12(7-11)16(15)18/h5-6,8,11-12H,3-4,7H2,1-2H3. The number of allylic oxidation sites excluding steroid dienone is 1. The summed E-state index contributed by atoms with van der Waals surface area (Å²) in [5, 5.41) is 0. The molecule has 0 amide bonds. The van der Waals surface area contributed by atoms with Gasteiger partial charge in [-0.3, -0.25) is 4.79 Å². The third kappa shape index (κ3) is 1.87. The van der Waals surface area contributed by atoms with Crippen LogP contribution in [-0.4, -0.2) is 5.78 Å². The zero-order valence-electron chi connectivity index (χ0n) is 10.8. The van der Waals surface area contributed by atoms with Crippen molar-refractivity contribution in [2.75, 3.05) is 0 Å². The molecule has 0 saturated heterocycles. The van der Waals surface area contributed by atoms with Gasteiger partial charge in [0, 0.05) is 10.4 Å². The van der Waals surface area contributed by atoms with Crippen LogP contribution < -0.4 is 0 Å². The van der Waals surface area contributed by atoms with Crippen molar-refractivity contribution in [3.63, 3.8) is 0 Å². The first kappa shape index (κ1) is 12.2. The van der Waals surface area contributed by atoms with Crippen molar-refractivity contribution < 1.29 is 4.79 Å². The number of ketones is 1. The Labute approximate surface area is 116 Å². The first-order chi connectivity index (χ1) is 8.56. The molecule has 1 aromatic carbocycles. The van der Waals surface area contributed by atoms with Gasteiger partial charge in [-0.1, -0.05) is 15.9 Å². The van der Waals surface area contributed by atoms with Crippen LogP contribution in [0.3, 0.4) is 0 Å². The number of hydrogen-bond donors (Lipinski definition) is 0. The molecule has 0 aliphatic heterocycles. The first-order valence-electron chi connectivity index (χ1n) is 6.59. The number of benzene rings is 1. The molecule has 0 N–H and O–H groups in total. The molecule has 2 fully saturated rings. The molecule has 2 aliphatic carbocycles. The molecule has 2 unspecified atom stereocenters. The molecule has 94 valence electrons. The molecule has 2 aliphatic rings. The quantitative estimate of drug-likeness (QED) is 0.701. The van der Waals surface area contributed by atoms with Gasteiger partial charge in [-0.25, -0.2) is 0 Å². The third-order valence-corrected chi connectivity index (χ3v) is 4.84. The molecule has 2 atom stereocenters. The maximum absolute atomic E-state index is 12.2. The molecule has 1 nitrogen and oxygen atoms in total. The lowest BCUT2D eigenvalue weighted by Gasteiger charge is -2.14. The monoisotopic (exact) mass is 304 g/mol. The van der Waals surface area contributed by atoms with Gasteiger partial charge < -0.3 is 0 Å². The summed E-state index contributed by atoms with van der Waals surface area (Å²) in [5.74, 6) is 1.27. The Morgan fingerprint density at radius 1 is 1.17 bits per heavy atom. The molecule has 0 aromatic heterocycles. The van der Waals surface area contributed by atoms with Crippen LogP contribution in [0.5, 0.6) is 0 Å². The molecule has 2 bridgehead atoms. The topological polar surface area (TPSA) is 17.1 Å². The van der Waals surface area contributed by atoms with Crippen molar-refractivity contribution in [1.29, 1.82) is 0 Å². The number of fused-ring (bicyclic) bond motifs is 2. The van der Waals surface area contributed by atoms with Crippen molar-refractivity contribution in [3.05, 3.63) is 38.9 Å². The Kier molecular flexibility index (Phi) is 2.93. The lowest BCUT2D eigenvalue weighted by Crippen LogP contribution is -2.12. The van der Waals surface area contributed by atoms with E-state index in [9.17, 15) is 4.79 Å². The number of Topliss-reactive ketones (excluding diaryl/α,β-unsaturated/α-hetero) is 1. The summed E-state index contributed by atoms with van der Waals surface area (Å²) in [7, 11) is 0. The fraction of sp³-hybridized carbons (Fsp3) is 0.438. The number of aryl methyl sites for hydroxylation is 2. The first-order valence-corrected chi connectivity index (χ1v) is 7.38. The van der Waals surface area contributed by atoms with E-state index in [0.717, 1.165) is 22.9 Å². The van der Waals surface area contributed by atoms with Crippen LogP contribution >= 0.6 is 15.9 Å². The maximum Gasteiger partial charge on any atom is 0.162 e. The second kappa shape index (κ2) is 4.34. The predicted molar refractivity (Wildman–Crippen MR) is 77.4 cm³/mol. The fourth-order valence-corrected chi connectivity index (χ4v) is 4.12. The molecule has 2 heteroatoms. The molecule has 0 heterocycles. The molecule has 1 aromatic rings. The van der Waals surface area contributed by atoms with Crippen LogP contribution in [0, 0.1) is 25.7 Å². The zero-order chi connectivity index (χ0) is 12.9. The average molecular weight is 305 g/mol. The number of hydrogen-bond acceptors (Lipinski definition) is 1. The van der Waals surface area contributed by atoms with Gasteiger partial charge >= 0.3 is 0 Å². The molecule has 3 rings (SSSR count). The summed E-state index contributed by atoms with van der Waals surface area (Å²) in [4.78, 5) is 12.2. The summed E-state index contributed by atoms with van der Waals surface area (Å²) < 4.78 is 1.11. The molecule has 0 spiro atoms. The lowest BCUT2D eigenvalue weighted by atomic mass is 9.90. The predicted octanol–water partition coefficient (Wildman–Crippen LogP) is 4.45. The van der Waals surface area contributed by atoms with E-state index in [4.69, 9.17) is 0 Å². The van der Waals surface area contributed by atoms with Gasteiger partial charge in [0.15, 0.2) is 5.78 Å². The van der Waals surface area contributed by atoms with E-state index in [-0.39, 0.29) is 0 Å². The molecule has 18 heavy (non-hydrogen) atoms. The van der Waals surface area contributed by atoms with E-state index < -0.39 is 0 Å². The van der Waals surface area contributed by atoms with Gasteiger partial charge in [-0.05, 0) is 79.5 Å². The minimum Gasteiger partial charge on any atom is -0.294 e. The van der Waals surface area contributed by atoms with Gasteiger partial charge in [0.25, 0.3) is 0 Å². The minimum atomic E-state index is 0.331. The SMILES string of the molecule is Cc1cc(Br)cc(C)c1C=C1C(=O)C2CCC1C2. The van der Waals surface area contributed by atoms with Crippen LogP contribution in [-0.2, 0) is 4.79 Å². The van der Waals surface area contributed by atoms with Crippen molar-refractivity contribution in [2.24, 2.45) is 11.8 Å². The molecule has 2 saturated carbocycles. The average Bonchev–Trinajstić information content (AvgIpc) is 2.85. The van der Waals surface area contributed by atoms with E-state index >= 15 is 0 Å². The van der Waals surface area contributed by atoms with Gasteiger partial charge in [0.05, 0.1) is 0 Å². The molecular weight excluding hydrogens is 288 g/mol. The highest BCUT2D eigenvalue weighted by molar-refractivity contribution is 9.10. The highest BCUT2D eigenvalue weighted by Crippen LogP contribution is 2.46. The second-order valence-electron chi connectivity index (χ2n) is 5.62. The summed E-state index contributed by atoms with van der Waals surface area (Å²) in [6, 6.07) is 4.24. The smallest absolute Gasteiger partial charge is 0.162 e. The maximum atomic E-state index is 12.2. The van der Waals surface area contributed by atoms with Crippen molar-refractivity contribution in [1.82, 2.24) is 0 Å². The Balaban J connectivity index is 2.05. The van der Waals surface area contributed by atoms with Crippen LogP contribution in [0.4, 0.5) is 0 Å². The van der Waals surface area contributed by atoms with E-state index in [1.54, 1.807) is 0 Å². The van der Waals surface area contributed by atoms with E-state index in [0.29, 0.717) is 17.6 Å². The van der Waals surface area contributed by atoms with E-state index in [2.05, 4.69) is 48.0 Å². The summed E-state index contributed by atoms with van der Waals surface area (Å²) >= 11 is 3.52. The fourth-order valence-electron chi connectivity index (χ4n) is 3.43.